The average Bonchev–Trinajstić information content (AvgIpc) is 3.23. The van der Waals surface area contributed by atoms with Gasteiger partial charge in [-0.05, 0) is 17.7 Å². The Morgan fingerprint density at radius 2 is 1.73 bits per heavy atom. The van der Waals surface area contributed by atoms with E-state index >= 15 is 0 Å². The molecule has 138 valence electrons. The van der Waals surface area contributed by atoms with E-state index in [2.05, 4.69) is 4.90 Å². The molecular formula is C20H24N2O4. The summed E-state index contributed by atoms with van der Waals surface area (Å²) in [7, 11) is 0. The molecule has 3 heterocycles. The lowest BCUT2D eigenvalue weighted by atomic mass is 10.2. The topological polar surface area (TPSA) is 53.1 Å². The maximum absolute atomic E-state index is 6.02. The van der Waals surface area contributed by atoms with Gasteiger partial charge in [-0.25, -0.2) is 4.98 Å². The first kappa shape index (κ1) is 17.4. The highest BCUT2D eigenvalue weighted by atomic mass is 16.7. The van der Waals surface area contributed by atoms with Gasteiger partial charge in [-0.15, -0.1) is 0 Å². The maximum Gasteiger partial charge on any atom is 0.205 e. The molecule has 4 rings (SSSR count). The van der Waals surface area contributed by atoms with Crippen molar-refractivity contribution in [2.75, 3.05) is 39.5 Å². The lowest BCUT2D eigenvalue weighted by molar-refractivity contribution is -0.0494. The van der Waals surface area contributed by atoms with Gasteiger partial charge in [0.05, 0.1) is 32.1 Å². The fourth-order valence-corrected chi connectivity index (χ4v) is 3.12. The fraction of sp³-hybridized carbons (Fsp3) is 0.450. The first-order chi connectivity index (χ1) is 12.9. The summed E-state index contributed by atoms with van der Waals surface area (Å²) >= 11 is 0. The lowest BCUT2D eigenvalue weighted by Gasteiger charge is -2.26. The zero-order chi connectivity index (χ0) is 17.6. The van der Waals surface area contributed by atoms with E-state index < -0.39 is 6.29 Å². The Kier molecular flexibility index (Phi) is 5.76. The number of hydrogen-bond acceptors (Lipinski definition) is 6. The Morgan fingerprint density at radius 3 is 2.50 bits per heavy atom. The van der Waals surface area contributed by atoms with Gasteiger partial charge in [0.25, 0.3) is 0 Å². The molecule has 0 amide bonds. The van der Waals surface area contributed by atoms with Crippen LogP contribution in [0.5, 0.6) is 5.75 Å². The van der Waals surface area contributed by atoms with Crippen LogP contribution in [-0.2, 0) is 27.4 Å². The molecule has 0 bridgehead atoms. The molecule has 0 saturated carbocycles. The van der Waals surface area contributed by atoms with Crippen LogP contribution in [-0.4, -0.2) is 49.4 Å². The van der Waals surface area contributed by atoms with Gasteiger partial charge in [-0.3, -0.25) is 4.90 Å². The van der Waals surface area contributed by atoms with Gasteiger partial charge in [-0.2, -0.15) is 0 Å². The van der Waals surface area contributed by atoms with Crippen LogP contribution < -0.4 is 4.74 Å². The first-order valence-electron chi connectivity index (χ1n) is 9.08. The lowest BCUT2D eigenvalue weighted by Crippen LogP contribution is -2.35. The van der Waals surface area contributed by atoms with Crippen LogP contribution in [0.4, 0.5) is 0 Å². The van der Waals surface area contributed by atoms with Crippen LogP contribution in [0.2, 0.25) is 0 Å². The third-order valence-electron chi connectivity index (χ3n) is 4.52. The molecule has 2 aliphatic heterocycles. The summed E-state index contributed by atoms with van der Waals surface area (Å²) in [5, 5.41) is 0. The van der Waals surface area contributed by atoms with Crippen molar-refractivity contribution in [3.63, 3.8) is 0 Å². The zero-order valence-electron chi connectivity index (χ0n) is 14.8. The molecule has 2 aliphatic rings. The third kappa shape index (κ3) is 4.40. The van der Waals surface area contributed by atoms with Crippen molar-refractivity contribution in [1.82, 2.24) is 9.88 Å². The number of benzene rings is 1. The van der Waals surface area contributed by atoms with Crippen molar-refractivity contribution in [3.05, 3.63) is 59.4 Å². The monoisotopic (exact) mass is 356 g/mol. The predicted octanol–water partition coefficient (Wildman–Crippen LogP) is 2.54. The Hall–Kier alpha value is -1.99. The van der Waals surface area contributed by atoms with E-state index in [0.717, 1.165) is 49.8 Å². The Morgan fingerprint density at radius 1 is 0.962 bits per heavy atom. The van der Waals surface area contributed by atoms with Gasteiger partial charge in [0.2, 0.25) is 6.29 Å². The summed E-state index contributed by atoms with van der Waals surface area (Å²) in [6.45, 7) is 5.86. The highest BCUT2D eigenvalue weighted by Gasteiger charge is 2.25. The van der Waals surface area contributed by atoms with E-state index in [-0.39, 0.29) is 0 Å². The number of morpholine rings is 1. The van der Waals surface area contributed by atoms with Crippen LogP contribution in [0, 0.1) is 0 Å². The first-order valence-corrected chi connectivity index (χ1v) is 9.08. The van der Waals surface area contributed by atoms with Gasteiger partial charge in [0.1, 0.15) is 18.1 Å². The van der Waals surface area contributed by atoms with E-state index in [9.17, 15) is 0 Å². The van der Waals surface area contributed by atoms with Crippen LogP contribution in [0.25, 0.3) is 0 Å². The van der Waals surface area contributed by atoms with Gasteiger partial charge in [-0.1, -0.05) is 30.3 Å². The Labute approximate surface area is 153 Å². The predicted molar refractivity (Wildman–Crippen MR) is 95.8 cm³/mol. The summed E-state index contributed by atoms with van der Waals surface area (Å²) in [6, 6.07) is 14.1. The van der Waals surface area contributed by atoms with Gasteiger partial charge < -0.3 is 18.9 Å². The summed E-state index contributed by atoms with van der Waals surface area (Å²) in [5.74, 6) is 0.714. The van der Waals surface area contributed by atoms with Gasteiger partial charge >= 0.3 is 0 Å². The summed E-state index contributed by atoms with van der Waals surface area (Å²) in [4.78, 5) is 7.15. The summed E-state index contributed by atoms with van der Waals surface area (Å²) in [5.41, 5.74) is 2.83. The minimum Gasteiger partial charge on any atom is -0.487 e. The minimum absolute atomic E-state index is 0.453. The Balaban J connectivity index is 1.50. The molecule has 1 aromatic heterocycles. The highest BCUT2D eigenvalue weighted by molar-refractivity contribution is 5.31. The molecule has 0 radical (unpaired) electrons. The second-order valence-electron chi connectivity index (χ2n) is 6.42. The van der Waals surface area contributed by atoms with Crippen LogP contribution in [0.1, 0.15) is 23.2 Å². The van der Waals surface area contributed by atoms with Crippen LogP contribution in [0.3, 0.4) is 0 Å². The molecule has 0 spiro atoms. The molecule has 0 N–H and O–H groups in total. The Bertz CT molecular complexity index is 698. The molecule has 0 unspecified atom stereocenters. The third-order valence-corrected chi connectivity index (χ3v) is 4.52. The van der Waals surface area contributed by atoms with E-state index in [1.807, 2.05) is 42.5 Å². The number of aromatic nitrogens is 1. The molecular weight excluding hydrogens is 332 g/mol. The number of hydrogen-bond donors (Lipinski definition) is 0. The van der Waals surface area contributed by atoms with Crippen molar-refractivity contribution in [2.24, 2.45) is 0 Å². The van der Waals surface area contributed by atoms with E-state index in [4.69, 9.17) is 23.9 Å². The highest BCUT2D eigenvalue weighted by Crippen LogP contribution is 2.30. The average molecular weight is 356 g/mol. The molecule has 1 aromatic carbocycles. The summed E-state index contributed by atoms with van der Waals surface area (Å²) < 4.78 is 22.8. The standard InChI is InChI=1S/C20H24N2O4/c1-2-4-16(5-3-1)15-26-18-7-6-17(14-22-8-10-23-11-9-22)21-19(18)20-24-12-13-25-20/h1-7,20H,8-15H2. The van der Waals surface area contributed by atoms with Gasteiger partial charge in [0.15, 0.2) is 0 Å². The SMILES string of the molecule is c1ccc(COc2ccc(CN3CCOCC3)nc2C2OCCO2)cc1. The van der Waals surface area contributed by atoms with Crippen molar-refractivity contribution in [1.29, 1.82) is 0 Å². The van der Waals surface area contributed by atoms with Crippen LogP contribution in [0.15, 0.2) is 42.5 Å². The van der Waals surface area contributed by atoms with Crippen molar-refractivity contribution < 1.29 is 18.9 Å². The largest absolute Gasteiger partial charge is 0.487 e. The number of ether oxygens (including phenoxy) is 4. The second-order valence-corrected chi connectivity index (χ2v) is 6.42. The molecule has 2 fully saturated rings. The molecule has 2 aromatic rings. The van der Waals surface area contributed by atoms with E-state index in [0.29, 0.717) is 25.6 Å². The molecule has 2 saturated heterocycles. The van der Waals surface area contributed by atoms with E-state index in [1.54, 1.807) is 0 Å². The molecule has 26 heavy (non-hydrogen) atoms. The van der Waals surface area contributed by atoms with Crippen molar-refractivity contribution in [3.8, 4) is 5.75 Å². The molecule has 6 nitrogen and oxygen atoms in total. The number of nitrogens with zero attached hydrogens (tertiary/aromatic N) is 2. The number of rotatable bonds is 6. The second kappa shape index (κ2) is 8.60. The quantitative estimate of drug-likeness (QED) is 0.793. The molecule has 0 atom stereocenters. The molecule has 0 aliphatic carbocycles. The van der Waals surface area contributed by atoms with Crippen molar-refractivity contribution >= 4 is 0 Å². The normalized spacial score (nSPS) is 18.9. The fourth-order valence-electron chi connectivity index (χ4n) is 3.12. The zero-order valence-corrected chi connectivity index (χ0v) is 14.8. The molecule has 6 heteroatoms. The number of pyridine rings is 1. The maximum atomic E-state index is 6.02. The summed E-state index contributed by atoms with van der Waals surface area (Å²) in [6.07, 6.45) is -0.453. The van der Waals surface area contributed by atoms with Crippen molar-refractivity contribution in [2.45, 2.75) is 19.4 Å². The van der Waals surface area contributed by atoms with E-state index in [1.165, 1.54) is 0 Å². The van der Waals surface area contributed by atoms with Crippen LogP contribution >= 0.6 is 0 Å². The smallest absolute Gasteiger partial charge is 0.205 e. The minimum atomic E-state index is -0.453. The van der Waals surface area contributed by atoms with Gasteiger partial charge in [0, 0.05) is 19.6 Å².